The summed E-state index contributed by atoms with van der Waals surface area (Å²) >= 11 is 1.52. The zero-order valence-corrected chi connectivity index (χ0v) is 11.1. The lowest BCUT2D eigenvalue weighted by Crippen LogP contribution is -2.24. The maximum absolute atomic E-state index is 11.9. The van der Waals surface area contributed by atoms with Crippen molar-refractivity contribution in [3.8, 4) is 0 Å². The molecular formula is C11H15N5OS. The van der Waals surface area contributed by atoms with E-state index in [9.17, 15) is 4.79 Å². The van der Waals surface area contributed by atoms with Gasteiger partial charge in [-0.15, -0.1) is 11.3 Å². The molecule has 0 unspecified atom stereocenters. The summed E-state index contributed by atoms with van der Waals surface area (Å²) in [5.74, 6) is -0.271. The SMILES string of the molecule is CCn1cc(N)c(C(=O)NCc2nc(C)cs2)n1. The number of hydrogen-bond donors (Lipinski definition) is 2. The molecule has 0 saturated carbocycles. The average molecular weight is 265 g/mol. The third kappa shape index (κ3) is 2.67. The minimum absolute atomic E-state index is 0.269. The Labute approximate surface area is 109 Å². The van der Waals surface area contributed by atoms with E-state index in [0.29, 0.717) is 18.8 Å². The Morgan fingerprint density at radius 1 is 1.61 bits per heavy atom. The summed E-state index contributed by atoms with van der Waals surface area (Å²) in [5, 5.41) is 9.68. The third-order valence-electron chi connectivity index (χ3n) is 2.40. The van der Waals surface area contributed by atoms with E-state index in [4.69, 9.17) is 5.73 Å². The van der Waals surface area contributed by atoms with E-state index < -0.39 is 0 Å². The lowest BCUT2D eigenvalue weighted by Gasteiger charge is -2.00. The molecule has 0 aliphatic carbocycles. The lowest BCUT2D eigenvalue weighted by atomic mass is 10.3. The second-order valence-corrected chi connectivity index (χ2v) is 4.80. The second-order valence-electron chi connectivity index (χ2n) is 3.85. The van der Waals surface area contributed by atoms with E-state index in [-0.39, 0.29) is 11.6 Å². The first-order valence-corrected chi connectivity index (χ1v) is 6.50. The van der Waals surface area contributed by atoms with Crippen LogP contribution in [0.1, 0.15) is 28.1 Å². The number of aryl methyl sites for hydroxylation is 2. The van der Waals surface area contributed by atoms with Gasteiger partial charge in [-0.2, -0.15) is 5.10 Å². The minimum Gasteiger partial charge on any atom is -0.396 e. The van der Waals surface area contributed by atoms with Crippen LogP contribution in [0.15, 0.2) is 11.6 Å². The average Bonchev–Trinajstić information content (AvgIpc) is 2.92. The fourth-order valence-electron chi connectivity index (χ4n) is 1.50. The van der Waals surface area contributed by atoms with Crippen LogP contribution in [0.4, 0.5) is 5.69 Å². The van der Waals surface area contributed by atoms with Crippen molar-refractivity contribution in [2.45, 2.75) is 26.9 Å². The molecule has 2 aromatic rings. The zero-order valence-electron chi connectivity index (χ0n) is 10.3. The third-order valence-corrected chi connectivity index (χ3v) is 3.36. The maximum Gasteiger partial charge on any atom is 0.274 e. The fourth-order valence-corrected chi connectivity index (χ4v) is 2.21. The van der Waals surface area contributed by atoms with Crippen molar-refractivity contribution in [2.24, 2.45) is 0 Å². The molecule has 0 aromatic carbocycles. The Hall–Kier alpha value is -1.89. The summed E-state index contributed by atoms with van der Waals surface area (Å²) in [6.07, 6.45) is 1.66. The first-order chi connectivity index (χ1) is 8.60. The molecule has 1 amide bonds. The van der Waals surface area contributed by atoms with Crippen LogP contribution in [0, 0.1) is 6.92 Å². The molecule has 2 rings (SSSR count). The Bertz CT molecular complexity index is 560. The number of carbonyl (C=O) groups is 1. The maximum atomic E-state index is 11.9. The summed E-state index contributed by atoms with van der Waals surface area (Å²) in [4.78, 5) is 16.2. The minimum atomic E-state index is -0.271. The largest absolute Gasteiger partial charge is 0.396 e. The molecule has 0 fully saturated rings. The number of rotatable bonds is 4. The van der Waals surface area contributed by atoms with Gasteiger partial charge >= 0.3 is 0 Å². The van der Waals surface area contributed by atoms with Gasteiger partial charge in [0.05, 0.1) is 12.2 Å². The van der Waals surface area contributed by atoms with Crippen LogP contribution >= 0.6 is 11.3 Å². The number of nitrogen functional groups attached to an aromatic ring is 1. The van der Waals surface area contributed by atoms with Crippen LogP contribution in [-0.4, -0.2) is 20.7 Å². The van der Waals surface area contributed by atoms with E-state index in [1.165, 1.54) is 11.3 Å². The standard InChI is InChI=1S/C11H15N5OS/c1-3-16-5-8(12)10(15-16)11(17)13-4-9-14-7(2)6-18-9/h5-6H,3-4,12H2,1-2H3,(H,13,17). The van der Waals surface area contributed by atoms with Crippen molar-refractivity contribution < 1.29 is 4.79 Å². The highest BCUT2D eigenvalue weighted by atomic mass is 32.1. The van der Waals surface area contributed by atoms with Crippen molar-refractivity contribution in [1.82, 2.24) is 20.1 Å². The molecule has 0 spiro atoms. The summed E-state index contributed by atoms with van der Waals surface area (Å²) in [6.45, 7) is 4.94. The van der Waals surface area contributed by atoms with Gasteiger partial charge in [-0.3, -0.25) is 9.48 Å². The molecule has 0 atom stereocenters. The predicted octanol–water partition coefficient (Wildman–Crippen LogP) is 1.18. The molecule has 96 valence electrons. The molecule has 18 heavy (non-hydrogen) atoms. The van der Waals surface area contributed by atoms with Crippen molar-refractivity contribution >= 4 is 22.9 Å². The molecule has 7 heteroatoms. The lowest BCUT2D eigenvalue weighted by molar-refractivity contribution is 0.0946. The number of nitrogens with zero attached hydrogens (tertiary/aromatic N) is 3. The van der Waals surface area contributed by atoms with Gasteiger partial charge in [-0.1, -0.05) is 0 Å². The van der Waals surface area contributed by atoms with Crippen LogP contribution < -0.4 is 11.1 Å². The summed E-state index contributed by atoms with van der Waals surface area (Å²) in [5.41, 5.74) is 7.35. The van der Waals surface area contributed by atoms with Gasteiger partial charge in [0.25, 0.3) is 5.91 Å². The highest BCUT2D eigenvalue weighted by Gasteiger charge is 2.14. The van der Waals surface area contributed by atoms with Gasteiger partial charge in [0.1, 0.15) is 5.01 Å². The predicted molar refractivity (Wildman–Crippen MR) is 70.3 cm³/mol. The summed E-state index contributed by atoms with van der Waals surface area (Å²) in [7, 11) is 0. The fraction of sp³-hybridized carbons (Fsp3) is 0.364. The van der Waals surface area contributed by atoms with Crippen LogP contribution in [-0.2, 0) is 13.1 Å². The molecule has 0 saturated heterocycles. The van der Waals surface area contributed by atoms with E-state index in [2.05, 4.69) is 15.4 Å². The topological polar surface area (TPSA) is 85.8 Å². The van der Waals surface area contributed by atoms with E-state index in [1.54, 1.807) is 10.9 Å². The molecule has 3 N–H and O–H groups in total. The molecule has 2 heterocycles. The summed E-state index contributed by atoms with van der Waals surface area (Å²) in [6, 6.07) is 0. The van der Waals surface area contributed by atoms with Crippen molar-refractivity contribution in [2.75, 3.05) is 5.73 Å². The van der Waals surface area contributed by atoms with Gasteiger partial charge in [-0.05, 0) is 13.8 Å². The van der Waals surface area contributed by atoms with E-state index in [1.807, 2.05) is 19.2 Å². The molecule has 0 aliphatic heterocycles. The van der Waals surface area contributed by atoms with Crippen molar-refractivity contribution in [1.29, 1.82) is 0 Å². The number of hydrogen-bond acceptors (Lipinski definition) is 5. The van der Waals surface area contributed by atoms with Crippen molar-refractivity contribution in [3.05, 3.63) is 28.0 Å². The van der Waals surface area contributed by atoms with Crippen molar-refractivity contribution in [3.63, 3.8) is 0 Å². The number of amides is 1. The first-order valence-electron chi connectivity index (χ1n) is 5.62. The highest BCUT2D eigenvalue weighted by molar-refractivity contribution is 7.09. The number of thiazole rings is 1. The number of carbonyl (C=O) groups excluding carboxylic acids is 1. The molecule has 2 aromatic heterocycles. The molecule has 0 aliphatic rings. The second kappa shape index (κ2) is 5.18. The van der Waals surface area contributed by atoms with Gasteiger partial charge in [0, 0.05) is 23.8 Å². The Morgan fingerprint density at radius 2 is 2.39 bits per heavy atom. The molecule has 6 nitrogen and oxygen atoms in total. The van der Waals surface area contributed by atoms with Gasteiger partial charge in [-0.25, -0.2) is 4.98 Å². The van der Waals surface area contributed by atoms with Gasteiger partial charge in [0.2, 0.25) is 0 Å². The smallest absolute Gasteiger partial charge is 0.274 e. The first kappa shape index (κ1) is 12.6. The Morgan fingerprint density at radius 3 is 2.94 bits per heavy atom. The van der Waals surface area contributed by atoms with Crippen LogP contribution in [0.3, 0.4) is 0 Å². The Balaban J connectivity index is 2.01. The van der Waals surface area contributed by atoms with Gasteiger partial charge < -0.3 is 11.1 Å². The van der Waals surface area contributed by atoms with Gasteiger partial charge in [0.15, 0.2) is 5.69 Å². The van der Waals surface area contributed by atoms with Crippen LogP contribution in [0.5, 0.6) is 0 Å². The number of aromatic nitrogens is 3. The Kier molecular flexibility index (Phi) is 3.61. The monoisotopic (exact) mass is 265 g/mol. The summed E-state index contributed by atoms with van der Waals surface area (Å²) < 4.78 is 1.64. The zero-order chi connectivity index (χ0) is 13.1. The molecular weight excluding hydrogens is 250 g/mol. The van der Waals surface area contributed by atoms with E-state index >= 15 is 0 Å². The molecule has 0 bridgehead atoms. The highest BCUT2D eigenvalue weighted by Crippen LogP contribution is 2.11. The van der Waals surface area contributed by atoms with E-state index in [0.717, 1.165) is 10.7 Å². The number of nitrogens with two attached hydrogens (primary N) is 1. The number of anilines is 1. The quantitative estimate of drug-likeness (QED) is 0.869. The van der Waals surface area contributed by atoms with Crippen LogP contribution in [0.2, 0.25) is 0 Å². The number of nitrogens with one attached hydrogen (secondary N) is 1. The van der Waals surface area contributed by atoms with Crippen LogP contribution in [0.25, 0.3) is 0 Å². The normalized spacial score (nSPS) is 10.6. The molecule has 0 radical (unpaired) electrons.